The molecule has 1 aromatic rings. The van der Waals surface area contributed by atoms with Gasteiger partial charge in [0.05, 0.1) is 0 Å². The number of rotatable bonds is 4. The van der Waals surface area contributed by atoms with E-state index in [1.165, 1.54) is 41.3 Å². The maximum absolute atomic E-state index is 12.7. The molecule has 0 radical (unpaired) electrons. The Labute approximate surface area is 117 Å². The van der Waals surface area contributed by atoms with Gasteiger partial charge in [-0.05, 0) is 44.5 Å². The molecule has 0 bridgehead atoms. The van der Waals surface area contributed by atoms with E-state index in [4.69, 9.17) is 5.11 Å². The van der Waals surface area contributed by atoms with Gasteiger partial charge in [-0.25, -0.2) is 4.39 Å². The van der Waals surface area contributed by atoms with E-state index in [1.54, 1.807) is 20.8 Å². The predicted octanol–water partition coefficient (Wildman–Crippen LogP) is 2.55. The van der Waals surface area contributed by atoms with E-state index in [0.29, 0.717) is 5.56 Å². The molecule has 4 nitrogen and oxygen atoms in total. The molecule has 0 atom stereocenters. The van der Waals surface area contributed by atoms with Crippen LogP contribution in [0.3, 0.4) is 0 Å². The number of nitrogens with zero attached hydrogens (tertiary/aromatic N) is 1. The number of hydrogen-bond acceptors (Lipinski definition) is 2. The number of carbonyl (C=O) groups is 2. The number of aliphatic carboxylic acids is 1. The smallest absolute Gasteiger partial charge is 0.323 e. The van der Waals surface area contributed by atoms with Crippen molar-refractivity contribution in [1.82, 2.24) is 4.90 Å². The van der Waals surface area contributed by atoms with Gasteiger partial charge in [0.2, 0.25) is 5.91 Å². The molecule has 0 aliphatic heterocycles. The summed E-state index contributed by atoms with van der Waals surface area (Å²) in [6, 6.07) is 5.67. The Balaban J connectivity index is 2.85. The first-order valence-corrected chi connectivity index (χ1v) is 6.17. The number of hydrogen-bond donors (Lipinski definition) is 1. The molecule has 0 spiro atoms. The highest BCUT2D eigenvalue weighted by Gasteiger charge is 2.26. The number of amides is 1. The van der Waals surface area contributed by atoms with Crippen LogP contribution in [0.5, 0.6) is 0 Å². The van der Waals surface area contributed by atoms with Crippen LogP contribution in [0.4, 0.5) is 4.39 Å². The van der Waals surface area contributed by atoms with Crippen molar-refractivity contribution in [3.8, 4) is 0 Å². The van der Waals surface area contributed by atoms with Crippen molar-refractivity contribution in [3.63, 3.8) is 0 Å². The average molecular weight is 279 g/mol. The second-order valence-corrected chi connectivity index (χ2v) is 5.37. The van der Waals surface area contributed by atoms with Crippen molar-refractivity contribution >= 4 is 18.0 Å². The number of carbonyl (C=O) groups excluding carboxylic acids is 1. The molecule has 5 heteroatoms. The van der Waals surface area contributed by atoms with Crippen LogP contribution in [-0.4, -0.2) is 34.0 Å². The van der Waals surface area contributed by atoms with Crippen LogP contribution in [0.2, 0.25) is 0 Å². The molecule has 1 amide bonds. The second-order valence-electron chi connectivity index (χ2n) is 5.37. The molecule has 0 aliphatic carbocycles. The van der Waals surface area contributed by atoms with Gasteiger partial charge < -0.3 is 10.0 Å². The molecule has 0 fully saturated rings. The summed E-state index contributed by atoms with van der Waals surface area (Å²) in [5, 5.41) is 8.85. The first kappa shape index (κ1) is 15.9. The minimum Gasteiger partial charge on any atom is -0.480 e. The van der Waals surface area contributed by atoms with Gasteiger partial charge in [-0.1, -0.05) is 12.1 Å². The quantitative estimate of drug-likeness (QED) is 0.862. The molecule has 0 aromatic heterocycles. The van der Waals surface area contributed by atoms with Gasteiger partial charge in [0.1, 0.15) is 12.4 Å². The van der Waals surface area contributed by atoms with E-state index < -0.39 is 17.4 Å². The van der Waals surface area contributed by atoms with Crippen molar-refractivity contribution in [2.24, 2.45) is 0 Å². The lowest BCUT2D eigenvalue weighted by Crippen LogP contribution is -2.47. The van der Waals surface area contributed by atoms with Gasteiger partial charge >= 0.3 is 5.97 Å². The third-order valence-electron chi connectivity index (χ3n) is 2.66. The molecule has 0 heterocycles. The maximum Gasteiger partial charge on any atom is 0.323 e. The molecule has 0 saturated heterocycles. The third-order valence-corrected chi connectivity index (χ3v) is 2.66. The first-order chi connectivity index (χ1) is 9.20. The van der Waals surface area contributed by atoms with Crippen LogP contribution < -0.4 is 0 Å². The standard InChI is InChI=1S/C15H18FNO3/c1-15(2,3)17(10-14(19)20)13(18)9-6-11-4-7-12(16)8-5-11/h4-9H,10H2,1-3H3,(H,19,20). The summed E-state index contributed by atoms with van der Waals surface area (Å²) in [5.41, 5.74) is 0.0757. The Bertz CT molecular complexity index is 515. The van der Waals surface area contributed by atoms with Crippen LogP contribution in [0, 0.1) is 5.82 Å². The molecule has 1 rings (SSSR count). The second kappa shape index (κ2) is 6.32. The number of benzene rings is 1. The first-order valence-electron chi connectivity index (χ1n) is 6.17. The predicted molar refractivity (Wildman–Crippen MR) is 74.5 cm³/mol. The molecule has 0 aliphatic rings. The Morgan fingerprint density at radius 1 is 1.25 bits per heavy atom. The van der Waals surface area contributed by atoms with Crippen molar-refractivity contribution in [2.45, 2.75) is 26.3 Å². The molecule has 1 N–H and O–H groups in total. The zero-order chi connectivity index (χ0) is 15.3. The van der Waals surface area contributed by atoms with Gasteiger partial charge in [-0.2, -0.15) is 0 Å². The van der Waals surface area contributed by atoms with Gasteiger partial charge in [-0.15, -0.1) is 0 Å². The van der Waals surface area contributed by atoms with Gasteiger partial charge in [-0.3, -0.25) is 9.59 Å². The fourth-order valence-corrected chi connectivity index (χ4v) is 1.61. The molecule has 0 unspecified atom stereocenters. The number of halogens is 1. The van der Waals surface area contributed by atoms with Crippen LogP contribution in [0.25, 0.3) is 6.08 Å². The van der Waals surface area contributed by atoms with E-state index in [2.05, 4.69) is 0 Å². The summed E-state index contributed by atoms with van der Waals surface area (Å²) in [6.07, 6.45) is 2.82. The molecule has 0 saturated carbocycles. The van der Waals surface area contributed by atoms with E-state index in [9.17, 15) is 14.0 Å². The lowest BCUT2D eigenvalue weighted by Gasteiger charge is -2.33. The highest BCUT2D eigenvalue weighted by Crippen LogP contribution is 2.14. The van der Waals surface area contributed by atoms with Crippen molar-refractivity contribution in [2.75, 3.05) is 6.54 Å². The van der Waals surface area contributed by atoms with E-state index in [-0.39, 0.29) is 12.4 Å². The molecular formula is C15H18FNO3. The molecule has 20 heavy (non-hydrogen) atoms. The fourth-order valence-electron chi connectivity index (χ4n) is 1.61. The van der Waals surface area contributed by atoms with Gasteiger partial charge in [0, 0.05) is 11.6 Å². The van der Waals surface area contributed by atoms with Gasteiger partial charge in [0.25, 0.3) is 0 Å². The van der Waals surface area contributed by atoms with E-state index in [1.807, 2.05) is 0 Å². The highest BCUT2D eigenvalue weighted by atomic mass is 19.1. The van der Waals surface area contributed by atoms with Crippen molar-refractivity contribution < 1.29 is 19.1 Å². The normalized spacial score (nSPS) is 11.6. The van der Waals surface area contributed by atoms with Crippen LogP contribution >= 0.6 is 0 Å². The Morgan fingerprint density at radius 2 is 1.80 bits per heavy atom. The summed E-state index contributed by atoms with van der Waals surface area (Å²) in [4.78, 5) is 24.1. The third kappa shape index (κ3) is 4.84. The Morgan fingerprint density at radius 3 is 2.25 bits per heavy atom. The lowest BCUT2D eigenvalue weighted by molar-refractivity contribution is -0.145. The average Bonchev–Trinajstić information content (AvgIpc) is 2.33. The minimum atomic E-state index is -1.07. The summed E-state index contributed by atoms with van der Waals surface area (Å²) < 4.78 is 12.7. The van der Waals surface area contributed by atoms with Crippen LogP contribution in [-0.2, 0) is 9.59 Å². The highest BCUT2D eigenvalue weighted by molar-refractivity contribution is 5.94. The number of carboxylic acid groups (broad SMARTS) is 1. The molecule has 108 valence electrons. The summed E-state index contributed by atoms with van der Waals surface area (Å²) in [6.45, 7) is 4.93. The Hall–Kier alpha value is -2.17. The van der Waals surface area contributed by atoms with E-state index in [0.717, 1.165) is 0 Å². The summed E-state index contributed by atoms with van der Waals surface area (Å²) in [5.74, 6) is -1.82. The minimum absolute atomic E-state index is 0.351. The van der Waals surface area contributed by atoms with Gasteiger partial charge in [0.15, 0.2) is 0 Å². The monoisotopic (exact) mass is 279 g/mol. The summed E-state index contributed by atoms with van der Waals surface area (Å²) in [7, 11) is 0. The van der Waals surface area contributed by atoms with Crippen LogP contribution in [0.15, 0.2) is 30.3 Å². The SMILES string of the molecule is CC(C)(C)N(CC(=O)O)C(=O)C=Cc1ccc(F)cc1. The zero-order valence-electron chi connectivity index (χ0n) is 11.8. The topological polar surface area (TPSA) is 57.6 Å². The fraction of sp³-hybridized carbons (Fsp3) is 0.333. The van der Waals surface area contributed by atoms with E-state index >= 15 is 0 Å². The maximum atomic E-state index is 12.7. The zero-order valence-corrected chi connectivity index (χ0v) is 11.8. The molecular weight excluding hydrogens is 261 g/mol. The Kier molecular flexibility index (Phi) is 5.02. The summed E-state index contributed by atoms with van der Waals surface area (Å²) >= 11 is 0. The van der Waals surface area contributed by atoms with Crippen molar-refractivity contribution in [3.05, 3.63) is 41.7 Å². The van der Waals surface area contributed by atoms with Crippen molar-refractivity contribution in [1.29, 1.82) is 0 Å². The lowest BCUT2D eigenvalue weighted by atomic mass is 10.1. The van der Waals surface area contributed by atoms with Crippen LogP contribution in [0.1, 0.15) is 26.3 Å². The molecule has 1 aromatic carbocycles. The number of carboxylic acids is 1. The largest absolute Gasteiger partial charge is 0.480 e.